The molecule has 0 amide bonds. The third-order valence-electron chi connectivity index (χ3n) is 3.11. The van der Waals surface area contributed by atoms with Gasteiger partial charge in [-0.1, -0.05) is 18.2 Å². The summed E-state index contributed by atoms with van der Waals surface area (Å²) in [5.74, 6) is -0.330. The maximum atomic E-state index is 13.3. The van der Waals surface area contributed by atoms with Crippen LogP contribution in [-0.2, 0) is 0 Å². The van der Waals surface area contributed by atoms with E-state index in [9.17, 15) is 9.50 Å². The van der Waals surface area contributed by atoms with E-state index in [-0.39, 0.29) is 5.82 Å². The van der Waals surface area contributed by atoms with Crippen LogP contribution in [0.4, 0.5) is 15.8 Å². The fraction of sp³-hybridized carbons (Fsp3) is 0.250. The first-order valence-corrected chi connectivity index (χ1v) is 6.43. The molecule has 0 aliphatic heterocycles. The normalized spacial score (nSPS) is 12.2. The lowest BCUT2D eigenvalue weighted by Gasteiger charge is -2.26. The third kappa shape index (κ3) is 2.93. The molecule has 0 bridgehead atoms. The molecule has 1 unspecified atom stereocenters. The van der Waals surface area contributed by atoms with E-state index < -0.39 is 6.10 Å². The summed E-state index contributed by atoms with van der Waals surface area (Å²) in [5, 5.41) is 9.83. The Morgan fingerprint density at radius 3 is 2.42 bits per heavy atom. The van der Waals surface area contributed by atoms with Crippen molar-refractivity contribution in [2.45, 2.75) is 20.0 Å². The van der Waals surface area contributed by atoms with Gasteiger partial charge in [0, 0.05) is 23.5 Å². The van der Waals surface area contributed by atoms with Gasteiger partial charge < -0.3 is 10.0 Å². The first-order valence-electron chi connectivity index (χ1n) is 6.43. The summed E-state index contributed by atoms with van der Waals surface area (Å²) in [6, 6.07) is 14.4. The first kappa shape index (κ1) is 13.6. The van der Waals surface area contributed by atoms with Crippen LogP contribution in [0.15, 0.2) is 48.5 Å². The lowest BCUT2D eigenvalue weighted by molar-refractivity contribution is 0.199. The number of halogens is 1. The number of rotatable bonds is 4. The highest BCUT2D eigenvalue weighted by Gasteiger charge is 2.15. The topological polar surface area (TPSA) is 23.5 Å². The summed E-state index contributed by atoms with van der Waals surface area (Å²) in [7, 11) is 0. The molecule has 0 saturated heterocycles. The van der Waals surface area contributed by atoms with Gasteiger partial charge in [-0.3, -0.25) is 0 Å². The number of aliphatic hydroxyl groups is 1. The van der Waals surface area contributed by atoms with Crippen LogP contribution in [0.25, 0.3) is 0 Å². The van der Waals surface area contributed by atoms with Crippen LogP contribution < -0.4 is 4.90 Å². The van der Waals surface area contributed by atoms with Crippen LogP contribution in [0.2, 0.25) is 0 Å². The fourth-order valence-corrected chi connectivity index (χ4v) is 2.21. The Kier molecular flexibility index (Phi) is 4.17. The average Bonchev–Trinajstić information content (AvgIpc) is 2.42. The van der Waals surface area contributed by atoms with Gasteiger partial charge in [0.25, 0.3) is 0 Å². The molecule has 0 aliphatic carbocycles. The van der Waals surface area contributed by atoms with Crippen LogP contribution in [-0.4, -0.2) is 11.7 Å². The molecule has 2 rings (SSSR count). The molecular weight excluding hydrogens is 241 g/mol. The molecule has 2 aromatic carbocycles. The molecule has 0 spiro atoms. The van der Waals surface area contributed by atoms with Gasteiger partial charge in [0.1, 0.15) is 5.82 Å². The lowest BCUT2D eigenvalue weighted by atomic mass is 10.1. The Morgan fingerprint density at radius 2 is 1.84 bits per heavy atom. The van der Waals surface area contributed by atoms with Crippen LogP contribution in [0.5, 0.6) is 0 Å². The Balaban J connectivity index is 2.50. The van der Waals surface area contributed by atoms with Crippen molar-refractivity contribution in [2.75, 3.05) is 11.4 Å². The first-order chi connectivity index (χ1) is 9.13. The van der Waals surface area contributed by atoms with Gasteiger partial charge in [0.05, 0.1) is 6.10 Å². The van der Waals surface area contributed by atoms with Crippen LogP contribution in [0.3, 0.4) is 0 Å². The summed E-state index contributed by atoms with van der Waals surface area (Å²) in [4.78, 5) is 2.06. The van der Waals surface area contributed by atoms with E-state index in [1.165, 1.54) is 12.1 Å². The van der Waals surface area contributed by atoms with Gasteiger partial charge in [-0.2, -0.15) is 0 Å². The Labute approximate surface area is 113 Å². The van der Waals surface area contributed by atoms with E-state index in [1.807, 2.05) is 37.3 Å². The average molecular weight is 259 g/mol. The zero-order valence-electron chi connectivity index (χ0n) is 11.2. The Morgan fingerprint density at radius 1 is 1.16 bits per heavy atom. The van der Waals surface area contributed by atoms with Crippen LogP contribution in [0.1, 0.15) is 25.5 Å². The molecule has 0 aliphatic rings. The zero-order valence-corrected chi connectivity index (χ0v) is 11.2. The number of hydrogen-bond donors (Lipinski definition) is 1. The molecule has 0 radical (unpaired) electrons. The SMILES string of the molecule is CCN(c1ccccc1)c1ccc(F)cc1C(C)O. The van der Waals surface area contributed by atoms with Crippen LogP contribution in [0, 0.1) is 5.82 Å². The number of para-hydroxylation sites is 1. The van der Waals surface area contributed by atoms with E-state index in [0.717, 1.165) is 17.9 Å². The van der Waals surface area contributed by atoms with Gasteiger partial charge in [-0.05, 0) is 44.2 Å². The highest BCUT2D eigenvalue weighted by Crippen LogP contribution is 2.32. The predicted octanol–water partition coefficient (Wildman–Crippen LogP) is 4.04. The molecule has 0 saturated carbocycles. The molecule has 0 aromatic heterocycles. The standard InChI is InChI=1S/C16H18FNO/c1-3-18(14-7-5-4-6-8-14)16-10-9-13(17)11-15(16)12(2)19/h4-12,19H,3H2,1-2H3. The number of nitrogens with zero attached hydrogens (tertiary/aromatic N) is 1. The van der Waals surface area contributed by atoms with Crippen molar-refractivity contribution in [2.24, 2.45) is 0 Å². The van der Waals surface area contributed by atoms with Crippen molar-refractivity contribution >= 4 is 11.4 Å². The zero-order chi connectivity index (χ0) is 13.8. The van der Waals surface area contributed by atoms with E-state index in [4.69, 9.17) is 0 Å². The summed E-state index contributed by atoms with van der Waals surface area (Å²) >= 11 is 0. The third-order valence-corrected chi connectivity index (χ3v) is 3.11. The van der Waals surface area contributed by atoms with E-state index in [0.29, 0.717) is 5.56 Å². The van der Waals surface area contributed by atoms with Crippen molar-refractivity contribution in [3.8, 4) is 0 Å². The molecule has 2 nitrogen and oxygen atoms in total. The minimum absolute atomic E-state index is 0.330. The highest BCUT2D eigenvalue weighted by molar-refractivity contribution is 5.66. The Bertz CT molecular complexity index is 540. The summed E-state index contributed by atoms with van der Waals surface area (Å²) < 4.78 is 13.3. The van der Waals surface area contributed by atoms with E-state index in [1.54, 1.807) is 13.0 Å². The number of benzene rings is 2. The minimum atomic E-state index is -0.705. The molecule has 19 heavy (non-hydrogen) atoms. The molecular formula is C16H18FNO. The maximum Gasteiger partial charge on any atom is 0.123 e. The van der Waals surface area contributed by atoms with Gasteiger partial charge in [0.2, 0.25) is 0 Å². The molecule has 1 N–H and O–H groups in total. The molecule has 0 heterocycles. The monoisotopic (exact) mass is 259 g/mol. The number of hydrogen-bond acceptors (Lipinski definition) is 2. The maximum absolute atomic E-state index is 13.3. The van der Waals surface area contributed by atoms with Crippen molar-refractivity contribution in [1.29, 1.82) is 0 Å². The smallest absolute Gasteiger partial charge is 0.123 e. The highest BCUT2D eigenvalue weighted by atomic mass is 19.1. The number of anilines is 2. The van der Waals surface area contributed by atoms with Gasteiger partial charge in [-0.15, -0.1) is 0 Å². The number of aliphatic hydroxyl groups excluding tert-OH is 1. The molecule has 2 aromatic rings. The predicted molar refractivity (Wildman–Crippen MR) is 76.2 cm³/mol. The van der Waals surface area contributed by atoms with Crippen LogP contribution >= 0.6 is 0 Å². The molecule has 3 heteroatoms. The van der Waals surface area contributed by atoms with E-state index >= 15 is 0 Å². The second kappa shape index (κ2) is 5.85. The Hall–Kier alpha value is -1.87. The molecule has 100 valence electrons. The largest absolute Gasteiger partial charge is 0.389 e. The van der Waals surface area contributed by atoms with Crippen molar-refractivity contribution in [3.05, 3.63) is 59.9 Å². The summed E-state index contributed by atoms with van der Waals surface area (Å²) in [6.07, 6.45) is -0.705. The molecule has 1 atom stereocenters. The lowest BCUT2D eigenvalue weighted by Crippen LogP contribution is -2.18. The van der Waals surface area contributed by atoms with Crippen molar-refractivity contribution in [1.82, 2.24) is 0 Å². The summed E-state index contributed by atoms with van der Waals surface area (Å²) in [6.45, 7) is 4.43. The van der Waals surface area contributed by atoms with Crippen molar-refractivity contribution in [3.63, 3.8) is 0 Å². The minimum Gasteiger partial charge on any atom is -0.389 e. The van der Waals surface area contributed by atoms with E-state index in [2.05, 4.69) is 4.90 Å². The van der Waals surface area contributed by atoms with Gasteiger partial charge >= 0.3 is 0 Å². The second-order valence-corrected chi connectivity index (χ2v) is 4.46. The fourth-order valence-electron chi connectivity index (χ4n) is 2.21. The van der Waals surface area contributed by atoms with Crippen molar-refractivity contribution < 1.29 is 9.50 Å². The second-order valence-electron chi connectivity index (χ2n) is 4.46. The quantitative estimate of drug-likeness (QED) is 0.895. The summed E-state index contributed by atoms with van der Waals surface area (Å²) in [5.41, 5.74) is 2.47. The molecule has 0 fully saturated rings. The van der Waals surface area contributed by atoms with Gasteiger partial charge in [-0.25, -0.2) is 4.39 Å². The van der Waals surface area contributed by atoms with Gasteiger partial charge in [0.15, 0.2) is 0 Å².